The first kappa shape index (κ1) is 17.0. The van der Waals surface area contributed by atoms with Crippen molar-refractivity contribution in [1.82, 2.24) is 20.6 Å². The Morgan fingerprint density at radius 3 is 2.46 bits per heavy atom. The van der Waals surface area contributed by atoms with Gasteiger partial charge in [-0.1, -0.05) is 30.3 Å². The maximum atomic E-state index is 13.4. The summed E-state index contributed by atoms with van der Waals surface area (Å²) in [6, 6.07) is 11.7. The molecule has 124 valence electrons. The van der Waals surface area contributed by atoms with Crippen LogP contribution in [-0.4, -0.2) is 20.6 Å². The van der Waals surface area contributed by atoms with Gasteiger partial charge in [-0.15, -0.1) is 16.9 Å². The molecule has 0 saturated carbocycles. The average Bonchev–Trinajstić information content (AvgIpc) is 3.06. The van der Waals surface area contributed by atoms with E-state index in [2.05, 4.69) is 36.6 Å². The van der Waals surface area contributed by atoms with E-state index in [1.807, 2.05) is 30.3 Å². The average molecular weight is 415 g/mol. The van der Waals surface area contributed by atoms with Crippen molar-refractivity contribution in [1.29, 1.82) is 0 Å². The number of aromatic nitrogens is 4. The number of benzene rings is 2. The van der Waals surface area contributed by atoms with Gasteiger partial charge in [0.05, 0.1) is 5.56 Å². The standard InChI is InChI=1S/C15H10BrF3N4S/c16-11-7-6-10(15(17,18)19)13(12(11)14-20-22-23-21-14)24-8-9-4-2-1-3-5-9/h1-7H,8H2,(H,20,21,22,23). The fourth-order valence-corrected chi connectivity index (χ4v) is 3.99. The Hall–Kier alpha value is -1.87. The number of aromatic amines is 1. The molecule has 0 spiro atoms. The van der Waals surface area contributed by atoms with Gasteiger partial charge >= 0.3 is 6.18 Å². The molecule has 0 atom stereocenters. The number of alkyl halides is 3. The predicted molar refractivity (Wildman–Crippen MR) is 88.3 cm³/mol. The van der Waals surface area contributed by atoms with E-state index in [4.69, 9.17) is 0 Å². The van der Waals surface area contributed by atoms with Gasteiger partial charge in [0.25, 0.3) is 0 Å². The third-order valence-electron chi connectivity index (χ3n) is 3.22. The second-order valence-electron chi connectivity index (χ2n) is 4.82. The summed E-state index contributed by atoms with van der Waals surface area (Å²) in [6.07, 6.45) is -4.47. The molecule has 0 radical (unpaired) electrons. The third-order valence-corrected chi connectivity index (χ3v) is 5.07. The molecule has 24 heavy (non-hydrogen) atoms. The van der Waals surface area contributed by atoms with Gasteiger partial charge in [0, 0.05) is 20.7 Å². The number of halogens is 4. The number of rotatable bonds is 4. The lowest BCUT2D eigenvalue weighted by molar-refractivity contribution is -0.139. The van der Waals surface area contributed by atoms with Crippen molar-refractivity contribution < 1.29 is 13.2 Å². The number of hydrogen-bond acceptors (Lipinski definition) is 4. The molecule has 2 aromatic carbocycles. The van der Waals surface area contributed by atoms with Crippen LogP contribution in [0.1, 0.15) is 11.1 Å². The molecule has 0 aliphatic heterocycles. The molecule has 4 nitrogen and oxygen atoms in total. The highest BCUT2D eigenvalue weighted by molar-refractivity contribution is 9.10. The van der Waals surface area contributed by atoms with Crippen LogP contribution in [0.3, 0.4) is 0 Å². The second-order valence-corrected chi connectivity index (χ2v) is 6.66. The zero-order chi connectivity index (χ0) is 17.2. The Labute approximate surface area is 148 Å². The topological polar surface area (TPSA) is 54.5 Å². The fourth-order valence-electron chi connectivity index (χ4n) is 2.15. The largest absolute Gasteiger partial charge is 0.417 e. The number of nitrogens with zero attached hydrogens (tertiary/aromatic N) is 3. The van der Waals surface area contributed by atoms with E-state index < -0.39 is 11.7 Å². The van der Waals surface area contributed by atoms with Gasteiger partial charge in [-0.05, 0) is 44.1 Å². The molecule has 0 bridgehead atoms. The molecule has 1 heterocycles. The lowest BCUT2D eigenvalue weighted by Crippen LogP contribution is -2.08. The van der Waals surface area contributed by atoms with Crippen LogP contribution in [0.4, 0.5) is 13.2 Å². The quantitative estimate of drug-likeness (QED) is 0.614. The minimum absolute atomic E-state index is 0.0827. The number of tetrazole rings is 1. The molecule has 3 aromatic rings. The normalized spacial score (nSPS) is 11.7. The molecule has 0 aliphatic rings. The minimum atomic E-state index is -4.47. The molecule has 1 N–H and O–H groups in total. The Balaban J connectivity index is 2.08. The van der Waals surface area contributed by atoms with E-state index in [-0.39, 0.29) is 10.7 Å². The summed E-state index contributed by atoms with van der Waals surface area (Å²) in [5.41, 5.74) is 0.519. The molecule has 9 heteroatoms. The number of H-pyrrole nitrogens is 1. The number of nitrogens with one attached hydrogen (secondary N) is 1. The summed E-state index contributed by atoms with van der Waals surface area (Å²) >= 11 is 4.40. The number of hydrogen-bond donors (Lipinski definition) is 1. The second kappa shape index (κ2) is 6.94. The lowest BCUT2D eigenvalue weighted by atomic mass is 10.1. The van der Waals surface area contributed by atoms with Crippen molar-refractivity contribution in [2.45, 2.75) is 16.8 Å². The summed E-state index contributed by atoms with van der Waals surface area (Å²) in [5.74, 6) is 0.582. The maximum Gasteiger partial charge on any atom is 0.417 e. The van der Waals surface area contributed by atoms with Crippen LogP contribution < -0.4 is 0 Å². The van der Waals surface area contributed by atoms with Crippen molar-refractivity contribution in [3.8, 4) is 11.4 Å². The van der Waals surface area contributed by atoms with E-state index in [1.54, 1.807) is 0 Å². The van der Waals surface area contributed by atoms with E-state index in [1.165, 1.54) is 6.07 Å². The van der Waals surface area contributed by atoms with Crippen molar-refractivity contribution in [2.24, 2.45) is 0 Å². The van der Waals surface area contributed by atoms with Crippen LogP contribution in [0.25, 0.3) is 11.4 Å². The first-order valence-corrected chi connectivity index (χ1v) is 8.55. The van der Waals surface area contributed by atoms with Gasteiger partial charge in [-0.25, -0.2) is 5.10 Å². The van der Waals surface area contributed by atoms with Crippen LogP contribution >= 0.6 is 27.7 Å². The zero-order valence-electron chi connectivity index (χ0n) is 12.0. The highest BCUT2D eigenvalue weighted by Gasteiger charge is 2.35. The van der Waals surface area contributed by atoms with Gasteiger partial charge in [0.15, 0.2) is 5.82 Å². The van der Waals surface area contributed by atoms with Crippen LogP contribution in [0.5, 0.6) is 0 Å². The molecule has 3 rings (SSSR count). The van der Waals surface area contributed by atoms with E-state index in [0.717, 1.165) is 23.4 Å². The summed E-state index contributed by atoms with van der Waals surface area (Å²) in [4.78, 5) is 0.0827. The van der Waals surface area contributed by atoms with Crippen molar-refractivity contribution in [3.05, 3.63) is 58.1 Å². The summed E-state index contributed by atoms with van der Waals surface area (Å²) in [6.45, 7) is 0. The Kier molecular flexibility index (Phi) is 4.91. The summed E-state index contributed by atoms with van der Waals surface area (Å²) in [7, 11) is 0. The summed E-state index contributed by atoms with van der Waals surface area (Å²) in [5, 5.41) is 13.2. The van der Waals surface area contributed by atoms with E-state index in [0.29, 0.717) is 15.8 Å². The van der Waals surface area contributed by atoms with Gasteiger partial charge in [0.1, 0.15) is 0 Å². The smallest absolute Gasteiger partial charge is 0.239 e. The van der Waals surface area contributed by atoms with Crippen molar-refractivity contribution in [2.75, 3.05) is 0 Å². The van der Waals surface area contributed by atoms with Crippen molar-refractivity contribution >= 4 is 27.7 Å². The first-order valence-electron chi connectivity index (χ1n) is 6.77. The van der Waals surface area contributed by atoms with Gasteiger partial charge in [-0.3, -0.25) is 0 Å². The Morgan fingerprint density at radius 2 is 1.83 bits per heavy atom. The fraction of sp³-hybridized carbons (Fsp3) is 0.133. The molecule has 0 unspecified atom stereocenters. The van der Waals surface area contributed by atoms with Crippen LogP contribution in [0.2, 0.25) is 0 Å². The SMILES string of the molecule is FC(F)(F)c1ccc(Br)c(-c2nnn[nH]2)c1SCc1ccccc1. The molecule has 0 saturated heterocycles. The number of thioether (sulfide) groups is 1. The monoisotopic (exact) mass is 414 g/mol. The maximum absolute atomic E-state index is 13.4. The van der Waals surface area contributed by atoms with Gasteiger partial charge in [-0.2, -0.15) is 13.2 Å². The van der Waals surface area contributed by atoms with Crippen LogP contribution in [-0.2, 0) is 11.9 Å². The highest BCUT2D eigenvalue weighted by Crippen LogP contribution is 2.45. The van der Waals surface area contributed by atoms with E-state index >= 15 is 0 Å². The molecule has 0 aliphatic carbocycles. The minimum Gasteiger partial charge on any atom is -0.239 e. The zero-order valence-corrected chi connectivity index (χ0v) is 14.4. The Bertz CT molecular complexity index is 823. The molecule has 0 fully saturated rings. The predicted octanol–water partition coefficient (Wildman–Crippen LogP) is 4.94. The summed E-state index contributed by atoms with van der Waals surface area (Å²) < 4.78 is 40.8. The Morgan fingerprint density at radius 1 is 1.08 bits per heavy atom. The molecular weight excluding hydrogens is 405 g/mol. The molecule has 0 amide bonds. The third kappa shape index (κ3) is 3.62. The van der Waals surface area contributed by atoms with Crippen LogP contribution in [0, 0.1) is 0 Å². The molecular formula is C15H10BrF3N4S. The van der Waals surface area contributed by atoms with Gasteiger partial charge in [0.2, 0.25) is 0 Å². The first-order chi connectivity index (χ1) is 11.5. The molecule has 1 aromatic heterocycles. The highest BCUT2D eigenvalue weighted by atomic mass is 79.9. The van der Waals surface area contributed by atoms with Gasteiger partial charge < -0.3 is 0 Å². The van der Waals surface area contributed by atoms with Crippen LogP contribution in [0.15, 0.2) is 51.8 Å². The van der Waals surface area contributed by atoms with E-state index in [9.17, 15) is 13.2 Å². The lowest BCUT2D eigenvalue weighted by Gasteiger charge is -2.16. The van der Waals surface area contributed by atoms with Crippen molar-refractivity contribution in [3.63, 3.8) is 0 Å².